The van der Waals surface area contributed by atoms with E-state index in [2.05, 4.69) is 5.32 Å². The van der Waals surface area contributed by atoms with Gasteiger partial charge in [0.25, 0.3) is 5.91 Å². The van der Waals surface area contributed by atoms with Gasteiger partial charge in [0.1, 0.15) is 0 Å². The molecule has 0 saturated carbocycles. The van der Waals surface area contributed by atoms with Crippen molar-refractivity contribution in [2.24, 2.45) is 0 Å². The number of hydrogen-bond donors (Lipinski definition) is 3. The molecular weight excluding hydrogens is 267 g/mol. The summed E-state index contributed by atoms with van der Waals surface area (Å²) >= 11 is 0. The summed E-state index contributed by atoms with van der Waals surface area (Å²) in [6, 6.07) is 15.2. The fraction of sp³-hybridized carbons (Fsp3) is 0.0667. The van der Waals surface area contributed by atoms with Gasteiger partial charge in [-0.15, -0.1) is 0 Å². The van der Waals surface area contributed by atoms with E-state index in [1.807, 2.05) is 6.07 Å². The van der Waals surface area contributed by atoms with Gasteiger partial charge in [-0.25, -0.2) is 0 Å². The fourth-order valence-electron chi connectivity index (χ4n) is 1.92. The van der Waals surface area contributed by atoms with E-state index in [1.165, 1.54) is 0 Å². The lowest BCUT2D eigenvalue weighted by Gasteiger charge is -2.08. The highest BCUT2D eigenvalue weighted by atomic mass is 16.4. The van der Waals surface area contributed by atoms with E-state index in [1.54, 1.807) is 48.5 Å². The number of carbonyl (C=O) groups excluding carboxylic acids is 1. The van der Waals surface area contributed by atoms with Gasteiger partial charge in [-0.2, -0.15) is 5.26 Å². The lowest BCUT2D eigenvalue weighted by atomic mass is 9.79. The van der Waals surface area contributed by atoms with Crippen molar-refractivity contribution in [3.05, 3.63) is 65.2 Å². The van der Waals surface area contributed by atoms with Crippen LogP contribution in [0.1, 0.15) is 21.5 Å². The van der Waals surface area contributed by atoms with Crippen molar-refractivity contribution in [1.82, 2.24) is 5.32 Å². The third kappa shape index (κ3) is 3.69. The molecule has 0 atom stereocenters. The van der Waals surface area contributed by atoms with E-state index >= 15 is 0 Å². The molecule has 0 aliphatic rings. The Morgan fingerprint density at radius 1 is 1.19 bits per heavy atom. The molecule has 0 aliphatic heterocycles. The third-order valence-corrected chi connectivity index (χ3v) is 2.99. The molecule has 6 heteroatoms. The van der Waals surface area contributed by atoms with Crippen LogP contribution in [0, 0.1) is 11.3 Å². The first kappa shape index (κ1) is 14.8. The van der Waals surface area contributed by atoms with E-state index < -0.39 is 7.12 Å². The van der Waals surface area contributed by atoms with Crippen molar-refractivity contribution >= 4 is 18.5 Å². The number of hydrogen-bond acceptors (Lipinski definition) is 4. The molecular formula is C15H13BN2O3. The predicted octanol–water partition coefficient (Wildman–Crippen LogP) is 0.168. The molecule has 0 bridgehead atoms. The molecule has 2 aromatic carbocycles. The molecule has 0 saturated heterocycles. The Balaban J connectivity index is 2.08. The second-order valence-electron chi connectivity index (χ2n) is 4.46. The number of nitriles is 1. The van der Waals surface area contributed by atoms with Crippen LogP contribution in [-0.4, -0.2) is 23.1 Å². The van der Waals surface area contributed by atoms with Crippen LogP contribution in [0.4, 0.5) is 0 Å². The molecule has 0 unspecified atom stereocenters. The summed E-state index contributed by atoms with van der Waals surface area (Å²) in [7, 11) is -1.54. The normalized spacial score (nSPS) is 9.76. The van der Waals surface area contributed by atoms with Gasteiger partial charge in [0, 0.05) is 6.54 Å². The van der Waals surface area contributed by atoms with E-state index in [0.717, 1.165) is 5.56 Å². The monoisotopic (exact) mass is 280 g/mol. The Morgan fingerprint density at radius 2 is 1.95 bits per heavy atom. The molecule has 0 fully saturated rings. The third-order valence-electron chi connectivity index (χ3n) is 2.99. The van der Waals surface area contributed by atoms with Crippen molar-refractivity contribution in [2.45, 2.75) is 6.54 Å². The van der Waals surface area contributed by atoms with Crippen molar-refractivity contribution in [3.8, 4) is 6.07 Å². The summed E-state index contributed by atoms with van der Waals surface area (Å²) < 4.78 is 0. The van der Waals surface area contributed by atoms with Crippen LogP contribution in [0.3, 0.4) is 0 Å². The van der Waals surface area contributed by atoms with Crippen molar-refractivity contribution in [1.29, 1.82) is 5.26 Å². The molecule has 0 heterocycles. The number of rotatable bonds is 4. The summed E-state index contributed by atoms with van der Waals surface area (Å²) in [6.45, 7) is 0.235. The Kier molecular flexibility index (Phi) is 4.72. The second-order valence-corrected chi connectivity index (χ2v) is 4.46. The number of nitrogens with one attached hydrogen (secondary N) is 1. The van der Waals surface area contributed by atoms with Gasteiger partial charge in [0.2, 0.25) is 0 Å². The Labute approximate surface area is 122 Å². The molecule has 3 N–H and O–H groups in total. The maximum Gasteiger partial charge on any atom is 0.488 e. The van der Waals surface area contributed by atoms with Crippen molar-refractivity contribution in [3.63, 3.8) is 0 Å². The fourth-order valence-corrected chi connectivity index (χ4v) is 1.92. The van der Waals surface area contributed by atoms with Crippen LogP contribution in [0.5, 0.6) is 0 Å². The maximum atomic E-state index is 12.1. The summed E-state index contributed by atoms with van der Waals surface area (Å²) in [5.74, 6) is -0.345. The molecule has 2 rings (SSSR count). The molecule has 1 amide bonds. The van der Waals surface area contributed by atoms with Gasteiger partial charge < -0.3 is 15.4 Å². The van der Waals surface area contributed by atoms with Gasteiger partial charge >= 0.3 is 7.12 Å². The zero-order chi connectivity index (χ0) is 15.2. The lowest BCUT2D eigenvalue weighted by Crippen LogP contribution is -2.31. The highest BCUT2D eigenvalue weighted by molar-refractivity contribution is 6.58. The summed E-state index contributed by atoms with van der Waals surface area (Å²) in [6.07, 6.45) is 0. The number of carbonyl (C=O) groups is 1. The van der Waals surface area contributed by atoms with E-state index in [0.29, 0.717) is 16.6 Å². The average Bonchev–Trinajstić information content (AvgIpc) is 2.52. The van der Waals surface area contributed by atoms with Gasteiger partial charge in [0.05, 0.1) is 17.2 Å². The van der Waals surface area contributed by atoms with Gasteiger partial charge in [-0.1, -0.05) is 36.4 Å². The molecule has 0 aliphatic carbocycles. The van der Waals surface area contributed by atoms with Gasteiger partial charge in [-0.3, -0.25) is 4.79 Å². The standard InChI is InChI=1S/C15H13BN2O3/c17-9-12-5-1-2-7-14(12)15(19)18-10-11-4-3-6-13(8-11)16(20)21/h1-8,20-21H,10H2,(H,18,19). The first-order chi connectivity index (χ1) is 10.1. The molecule has 104 valence electrons. The first-order valence-electron chi connectivity index (χ1n) is 6.34. The molecule has 0 aromatic heterocycles. The molecule has 0 radical (unpaired) electrons. The number of nitrogens with zero attached hydrogens (tertiary/aromatic N) is 1. The van der Waals surface area contributed by atoms with Crippen LogP contribution >= 0.6 is 0 Å². The average molecular weight is 280 g/mol. The topological polar surface area (TPSA) is 93.4 Å². The summed E-state index contributed by atoms with van der Waals surface area (Å²) in [4.78, 5) is 12.1. The minimum Gasteiger partial charge on any atom is -0.423 e. The van der Waals surface area contributed by atoms with Gasteiger partial charge in [-0.05, 0) is 23.2 Å². The smallest absolute Gasteiger partial charge is 0.423 e. The van der Waals surface area contributed by atoms with E-state index in [-0.39, 0.29) is 12.5 Å². The Morgan fingerprint density at radius 3 is 2.67 bits per heavy atom. The number of amides is 1. The zero-order valence-electron chi connectivity index (χ0n) is 11.2. The van der Waals surface area contributed by atoms with Crippen LogP contribution in [0.2, 0.25) is 0 Å². The van der Waals surface area contributed by atoms with Gasteiger partial charge in [0.15, 0.2) is 0 Å². The lowest BCUT2D eigenvalue weighted by molar-refractivity contribution is 0.0950. The highest BCUT2D eigenvalue weighted by Crippen LogP contribution is 2.07. The largest absolute Gasteiger partial charge is 0.488 e. The second kappa shape index (κ2) is 6.70. The Bertz CT molecular complexity index is 695. The minimum absolute atomic E-state index is 0.235. The number of benzene rings is 2. The predicted molar refractivity (Wildman–Crippen MR) is 78.6 cm³/mol. The SMILES string of the molecule is N#Cc1ccccc1C(=O)NCc1cccc(B(O)O)c1. The van der Waals surface area contributed by atoms with Crippen molar-refractivity contribution in [2.75, 3.05) is 0 Å². The minimum atomic E-state index is -1.54. The summed E-state index contributed by atoms with van der Waals surface area (Å²) in [5.41, 5.74) is 1.73. The van der Waals surface area contributed by atoms with Crippen LogP contribution < -0.4 is 10.8 Å². The van der Waals surface area contributed by atoms with Crippen LogP contribution in [-0.2, 0) is 6.54 Å². The summed E-state index contributed by atoms with van der Waals surface area (Å²) in [5, 5.41) is 29.9. The quantitative estimate of drug-likeness (QED) is 0.696. The maximum absolute atomic E-state index is 12.1. The van der Waals surface area contributed by atoms with Crippen molar-refractivity contribution < 1.29 is 14.8 Å². The molecule has 21 heavy (non-hydrogen) atoms. The highest BCUT2D eigenvalue weighted by Gasteiger charge is 2.12. The van der Waals surface area contributed by atoms with Crippen LogP contribution in [0.15, 0.2) is 48.5 Å². The zero-order valence-corrected chi connectivity index (χ0v) is 11.2. The molecule has 2 aromatic rings. The molecule has 5 nitrogen and oxygen atoms in total. The first-order valence-corrected chi connectivity index (χ1v) is 6.34. The van der Waals surface area contributed by atoms with E-state index in [4.69, 9.17) is 15.3 Å². The Hall–Kier alpha value is -2.62. The van der Waals surface area contributed by atoms with E-state index in [9.17, 15) is 4.79 Å². The molecule has 0 spiro atoms. The van der Waals surface area contributed by atoms with Crippen LogP contribution in [0.25, 0.3) is 0 Å².